The Morgan fingerprint density at radius 2 is 1.71 bits per heavy atom. The molecule has 0 spiro atoms. The van der Waals surface area contributed by atoms with Crippen molar-refractivity contribution in [2.24, 2.45) is 0 Å². The zero-order valence-corrected chi connectivity index (χ0v) is 14.9. The van der Waals surface area contributed by atoms with E-state index in [0.717, 1.165) is 13.2 Å². The monoisotopic (exact) mass is 400 g/mol. The molecule has 150 valence electrons. The maximum atomic E-state index is 13.3. The summed E-state index contributed by atoms with van der Waals surface area (Å²) in [6.07, 6.45) is -2.44. The molecule has 1 heterocycles. The SMILES string of the molecule is COC(=O)c1cc(OC)c(NC(=O)Nc2cnc(OC)cn2)cc1C(F)(F)F. The summed E-state index contributed by atoms with van der Waals surface area (Å²) in [6, 6.07) is 0.499. The molecule has 28 heavy (non-hydrogen) atoms. The molecule has 2 aromatic rings. The molecule has 0 aliphatic carbocycles. The Bertz CT molecular complexity index is 872. The van der Waals surface area contributed by atoms with E-state index in [1.54, 1.807) is 0 Å². The predicted octanol–water partition coefficient (Wildman–Crippen LogP) is 2.94. The average Bonchev–Trinajstić information content (AvgIpc) is 2.66. The first kappa shape index (κ1) is 20.7. The Morgan fingerprint density at radius 3 is 2.21 bits per heavy atom. The van der Waals surface area contributed by atoms with Crippen LogP contribution in [0.4, 0.5) is 29.5 Å². The molecule has 1 aromatic carbocycles. The van der Waals surface area contributed by atoms with Gasteiger partial charge in [-0.1, -0.05) is 0 Å². The lowest BCUT2D eigenvalue weighted by Gasteiger charge is -2.17. The molecule has 0 aliphatic heterocycles. The number of benzene rings is 1. The number of methoxy groups -OCH3 is 3. The van der Waals surface area contributed by atoms with Gasteiger partial charge in [0.1, 0.15) is 5.75 Å². The van der Waals surface area contributed by atoms with Gasteiger partial charge in [0.2, 0.25) is 5.88 Å². The van der Waals surface area contributed by atoms with Crippen molar-refractivity contribution in [1.29, 1.82) is 0 Å². The summed E-state index contributed by atoms with van der Waals surface area (Å²) >= 11 is 0. The van der Waals surface area contributed by atoms with Crippen molar-refractivity contribution >= 4 is 23.5 Å². The minimum absolute atomic E-state index is 0.0273. The van der Waals surface area contributed by atoms with Gasteiger partial charge in [0.15, 0.2) is 5.82 Å². The lowest BCUT2D eigenvalue weighted by molar-refractivity contribution is -0.138. The van der Waals surface area contributed by atoms with E-state index in [1.165, 1.54) is 26.6 Å². The summed E-state index contributed by atoms with van der Waals surface area (Å²) < 4.78 is 54.1. The molecule has 2 rings (SSSR count). The summed E-state index contributed by atoms with van der Waals surface area (Å²) in [5.74, 6) is -1.14. The minimum atomic E-state index is -4.87. The third-order valence-corrected chi connectivity index (χ3v) is 3.38. The number of alkyl halides is 3. The summed E-state index contributed by atoms with van der Waals surface area (Å²) in [5, 5.41) is 4.50. The number of hydrogen-bond acceptors (Lipinski definition) is 7. The van der Waals surface area contributed by atoms with Gasteiger partial charge in [0.25, 0.3) is 0 Å². The number of hydrogen-bond donors (Lipinski definition) is 2. The standard InChI is InChI=1S/C16H15F3N4O5/c1-26-11-4-8(14(24)28-3)9(16(17,18)19)5-10(11)22-15(25)23-12-6-21-13(27-2)7-20-12/h4-7H,1-3H3,(H2,20,22,23,25). The summed E-state index contributed by atoms with van der Waals surface area (Å²) in [5.41, 5.74) is -2.36. The van der Waals surface area contributed by atoms with Crippen molar-refractivity contribution in [2.45, 2.75) is 6.18 Å². The number of aromatic nitrogens is 2. The Kier molecular flexibility index (Phi) is 6.23. The molecular weight excluding hydrogens is 385 g/mol. The van der Waals surface area contributed by atoms with Crippen LogP contribution in [0.1, 0.15) is 15.9 Å². The van der Waals surface area contributed by atoms with Crippen LogP contribution in [0.3, 0.4) is 0 Å². The van der Waals surface area contributed by atoms with Crippen LogP contribution in [0.5, 0.6) is 11.6 Å². The summed E-state index contributed by atoms with van der Waals surface area (Å²) in [4.78, 5) is 31.4. The maximum Gasteiger partial charge on any atom is 0.417 e. The fraction of sp³-hybridized carbons (Fsp3) is 0.250. The number of rotatable bonds is 5. The van der Waals surface area contributed by atoms with Gasteiger partial charge in [-0.3, -0.25) is 5.32 Å². The molecule has 0 aliphatic rings. The molecule has 0 saturated carbocycles. The normalized spacial score (nSPS) is 10.8. The quantitative estimate of drug-likeness (QED) is 0.742. The lowest BCUT2D eigenvalue weighted by Crippen LogP contribution is -2.22. The Labute approximate surface area is 156 Å². The zero-order valence-electron chi connectivity index (χ0n) is 14.9. The van der Waals surface area contributed by atoms with E-state index in [9.17, 15) is 22.8 Å². The second kappa shape index (κ2) is 8.41. The van der Waals surface area contributed by atoms with E-state index in [-0.39, 0.29) is 23.1 Å². The fourth-order valence-electron chi connectivity index (χ4n) is 2.12. The highest BCUT2D eigenvalue weighted by atomic mass is 19.4. The Morgan fingerprint density at radius 1 is 1.00 bits per heavy atom. The second-order valence-electron chi connectivity index (χ2n) is 5.11. The van der Waals surface area contributed by atoms with E-state index < -0.39 is 29.3 Å². The average molecular weight is 400 g/mol. The molecular formula is C16H15F3N4O5. The molecule has 0 bridgehead atoms. The molecule has 0 fully saturated rings. The van der Waals surface area contributed by atoms with Crippen molar-refractivity contribution in [3.63, 3.8) is 0 Å². The number of urea groups is 1. The van der Waals surface area contributed by atoms with E-state index >= 15 is 0 Å². The van der Waals surface area contributed by atoms with Crippen molar-refractivity contribution in [1.82, 2.24) is 9.97 Å². The first-order chi connectivity index (χ1) is 13.2. The molecule has 12 heteroatoms. The summed E-state index contributed by atoms with van der Waals surface area (Å²) in [7, 11) is 3.50. The van der Waals surface area contributed by atoms with Gasteiger partial charge < -0.3 is 19.5 Å². The van der Waals surface area contributed by atoms with Gasteiger partial charge in [-0.05, 0) is 12.1 Å². The molecule has 0 unspecified atom stereocenters. The van der Waals surface area contributed by atoms with Crippen LogP contribution < -0.4 is 20.1 Å². The van der Waals surface area contributed by atoms with Gasteiger partial charge in [0.05, 0.1) is 50.5 Å². The topological polar surface area (TPSA) is 112 Å². The van der Waals surface area contributed by atoms with Crippen LogP contribution in [0.25, 0.3) is 0 Å². The molecule has 9 nitrogen and oxygen atoms in total. The van der Waals surface area contributed by atoms with Crippen LogP contribution >= 0.6 is 0 Å². The van der Waals surface area contributed by atoms with Gasteiger partial charge in [0, 0.05) is 0 Å². The number of carbonyl (C=O) groups excluding carboxylic acids is 2. The number of nitrogens with one attached hydrogen (secondary N) is 2. The highest BCUT2D eigenvalue weighted by Gasteiger charge is 2.37. The van der Waals surface area contributed by atoms with Crippen LogP contribution in [-0.4, -0.2) is 43.3 Å². The smallest absolute Gasteiger partial charge is 0.417 e. The number of anilines is 2. The number of esters is 1. The maximum absolute atomic E-state index is 13.3. The zero-order chi connectivity index (χ0) is 20.9. The van der Waals surface area contributed by atoms with Crippen molar-refractivity contribution in [3.05, 3.63) is 35.7 Å². The lowest BCUT2D eigenvalue weighted by atomic mass is 10.0. The van der Waals surface area contributed by atoms with E-state index in [4.69, 9.17) is 9.47 Å². The second-order valence-corrected chi connectivity index (χ2v) is 5.11. The van der Waals surface area contributed by atoms with Crippen molar-refractivity contribution in [2.75, 3.05) is 32.0 Å². The minimum Gasteiger partial charge on any atom is -0.495 e. The van der Waals surface area contributed by atoms with E-state index in [2.05, 4.69) is 25.3 Å². The Balaban J connectivity index is 2.32. The number of nitrogens with zero attached hydrogens (tertiary/aromatic N) is 2. The van der Waals surface area contributed by atoms with Gasteiger partial charge in [-0.25, -0.2) is 19.6 Å². The van der Waals surface area contributed by atoms with Gasteiger partial charge in [-0.15, -0.1) is 0 Å². The largest absolute Gasteiger partial charge is 0.495 e. The Hall–Kier alpha value is -3.57. The van der Waals surface area contributed by atoms with Gasteiger partial charge >= 0.3 is 18.2 Å². The summed E-state index contributed by atoms with van der Waals surface area (Å²) in [6.45, 7) is 0. The van der Waals surface area contributed by atoms with Crippen LogP contribution in [0, 0.1) is 0 Å². The number of carbonyl (C=O) groups is 2. The van der Waals surface area contributed by atoms with Crippen molar-refractivity contribution in [3.8, 4) is 11.6 Å². The first-order valence-corrected chi connectivity index (χ1v) is 7.51. The fourth-order valence-corrected chi connectivity index (χ4v) is 2.12. The van der Waals surface area contributed by atoms with Crippen molar-refractivity contribution < 1.29 is 37.0 Å². The number of ether oxygens (including phenoxy) is 3. The van der Waals surface area contributed by atoms with Gasteiger partial charge in [-0.2, -0.15) is 13.2 Å². The predicted molar refractivity (Wildman–Crippen MR) is 90.6 cm³/mol. The van der Waals surface area contributed by atoms with E-state index in [0.29, 0.717) is 6.07 Å². The van der Waals surface area contributed by atoms with Crippen LogP contribution in [0.15, 0.2) is 24.5 Å². The molecule has 0 atom stereocenters. The number of amides is 2. The molecule has 2 N–H and O–H groups in total. The molecule has 0 saturated heterocycles. The first-order valence-electron chi connectivity index (χ1n) is 7.51. The molecule has 1 aromatic heterocycles. The van der Waals surface area contributed by atoms with Crippen LogP contribution in [-0.2, 0) is 10.9 Å². The molecule has 2 amide bonds. The van der Waals surface area contributed by atoms with E-state index in [1.807, 2.05) is 0 Å². The van der Waals surface area contributed by atoms with Crippen LogP contribution in [0.2, 0.25) is 0 Å². The highest BCUT2D eigenvalue weighted by Crippen LogP contribution is 2.38. The molecule has 0 radical (unpaired) electrons. The number of halogens is 3. The third-order valence-electron chi connectivity index (χ3n) is 3.38. The third kappa shape index (κ3) is 4.78. The highest BCUT2D eigenvalue weighted by molar-refractivity contribution is 6.01.